The molecule has 0 aromatic heterocycles. The van der Waals surface area contributed by atoms with Gasteiger partial charge >= 0.3 is 0 Å². The lowest BCUT2D eigenvalue weighted by molar-refractivity contribution is -0.252. The number of aliphatic hydroxyl groups is 4. The lowest BCUT2D eigenvalue weighted by Gasteiger charge is -2.31. The fraction of sp³-hybridized carbons (Fsp3) is 1.00. The SMILES string of the molecule is [2H][C@]1(O)C(O)OC[C@@H](O)[C@@H]1O. The van der Waals surface area contributed by atoms with Crippen LogP contribution in [0.5, 0.6) is 0 Å². The Kier molecular flexibility index (Phi) is 1.83. The van der Waals surface area contributed by atoms with E-state index in [4.69, 9.17) is 21.8 Å². The minimum absolute atomic E-state index is 0.288. The Bertz CT molecular complexity index is 150. The molecule has 0 spiro atoms. The fourth-order valence-corrected chi connectivity index (χ4v) is 0.709. The summed E-state index contributed by atoms with van der Waals surface area (Å²) in [4.78, 5) is 0. The third kappa shape index (κ3) is 1.28. The lowest BCUT2D eigenvalue weighted by Crippen LogP contribution is -2.52. The van der Waals surface area contributed by atoms with Gasteiger partial charge in [-0.05, 0) is 0 Å². The van der Waals surface area contributed by atoms with Crippen molar-refractivity contribution in [3.05, 3.63) is 0 Å². The van der Waals surface area contributed by atoms with Crippen LogP contribution >= 0.6 is 0 Å². The largest absolute Gasteiger partial charge is 0.388 e. The Balaban J connectivity index is 2.72. The van der Waals surface area contributed by atoms with Crippen LogP contribution in [0.4, 0.5) is 0 Å². The van der Waals surface area contributed by atoms with Crippen LogP contribution in [0, 0.1) is 0 Å². The minimum atomic E-state index is -2.54. The van der Waals surface area contributed by atoms with Gasteiger partial charge < -0.3 is 25.2 Å². The number of hydrogen-bond acceptors (Lipinski definition) is 5. The summed E-state index contributed by atoms with van der Waals surface area (Å²) in [5.74, 6) is 0. The molecular formula is C5H10O5. The molecule has 1 unspecified atom stereocenters. The standard InChI is InChI=1S/C5H10O5/c6-2-1-10-5(9)4(8)3(2)7/h2-9H,1H2/t2-,3+,4-,5?/m1/s1/i4D. The van der Waals surface area contributed by atoms with E-state index in [0.717, 1.165) is 0 Å². The average Bonchev–Trinajstić information content (AvgIpc) is 1.95. The zero-order valence-corrected chi connectivity index (χ0v) is 5.14. The van der Waals surface area contributed by atoms with Crippen LogP contribution in [0.15, 0.2) is 0 Å². The molecule has 0 radical (unpaired) electrons. The summed E-state index contributed by atoms with van der Waals surface area (Å²) in [6, 6.07) is 0. The van der Waals surface area contributed by atoms with Gasteiger partial charge in [0.2, 0.25) is 0 Å². The lowest BCUT2D eigenvalue weighted by atomic mass is 10.1. The number of rotatable bonds is 0. The Hall–Kier alpha value is -0.200. The first-order valence-electron chi connectivity index (χ1n) is 3.34. The molecule has 0 bridgehead atoms. The van der Waals surface area contributed by atoms with Crippen molar-refractivity contribution in [3.63, 3.8) is 0 Å². The van der Waals surface area contributed by atoms with E-state index in [0.29, 0.717) is 0 Å². The quantitative estimate of drug-likeness (QED) is 0.305. The summed E-state index contributed by atoms with van der Waals surface area (Å²) in [6.07, 6.45) is -7.36. The Labute approximate surface area is 58.9 Å². The van der Waals surface area contributed by atoms with Crippen molar-refractivity contribution >= 4 is 0 Å². The van der Waals surface area contributed by atoms with Gasteiger partial charge in [0.1, 0.15) is 18.3 Å². The van der Waals surface area contributed by atoms with E-state index in [9.17, 15) is 0 Å². The van der Waals surface area contributed by atoms with E-state index >= 15 is 0 Å². The molecule has 1 aliphatic heterocycles. The van der Waals surface area contributed by atoms with Crippen LogP contribution < -0.4 is 0 Å². The maximum atomic E-state index is 8.96. The van der Waals surface area contributed by atoms with Gasteiger partial charge in [-0.2, -0.15) is 0 Å². The molecular weight excluding hydrogens is 140 g/mol. The molecule has 5 heteroatoms. The van der Waals surface area contributed by atoms with Crippen LogP contribution in [0.3, 0.4) is 0 Å². The van der Waals surface area contributed by atoms with Crippen LogP contribution in [-0.4, -0.2) is 51.6 Å². The second kappa shape index (κ2) is 2.81. The highest BCUT2D eigenvalue weighted by Crippen LogP contribution is 2.12. The molecule has 1 aliphatic rings. The number of hydrogen-bond donors (Lipinski definition) is 4. The minimum Gasteiger partial charge on any atom is -0.388 e. The molecule has 1 heterocycles. The normalized spacial score (nSPS) is 58.0. The molecule has 1 saturated heterocycles. The molecule has 1 fully saturated rings. The molecule has 10 heavy (non-hydrogen) atoms. The second-order valence-corrected chi connectivity index (χ2v) is 2.12. The Morgan fingerprint density at radius 3 is 2.40 bits per heavy atom. The van der Waals surface area contributed by atoms with E-state index in [1.54, 1.807) is 0 Å². The first-order valence-corrected chi connectivity index (χ1v) is 2.84. The van der Waals surface area contributed by atoms with Gasteiger partial charge in [0.15, 0.2) is 6.29 Å². The molecule has 0 amide bonds. The van der Waals surface area contributed by atoms with Crippen molar-refractivity contribution < 1.29 is 26.5 Å². The molecule has 0 aromatic rings. The van der Waals surface area contributed by atoms with Gasteiger partial charge in [0.25, 0.3) is 0 Å². The van der Waals surface area contributed by atoms with E-state index in [1.807, 2.05) is 0 Å². The summed E-state index contributed by atoms with van der Waals surface area (Å²) < 4.78 is 11.3. The van der Waals surface area contributed by atoms with Gasteiger partial charge in [-0.1, -0.05) is 0 Å². The van der Waals surface area contributed by atoms with Crippen molar-refractivity contribution in [2.75, 3.05) is 6.61 Å². The zero-order chi connectivity index (χ0) is 8.65. The van der Waals surface area contributed by atoms with Crippen molar-refractivity contribution in [3.8, 4) is 0 Å². The predicted octanol–water partition coefficient (Wildman–Crippen LogP) is -2.58. The van der Waals surface area contributed by atoms with E-state index in [-0.39, 0.29) is 6.61 Å². The van der Waals surface area contributed by atoms with Gasteiger partial charge in [-0.25, -0.2) is 0 Å². The summed E-state index contributed by atoms with van der Waals surface area (Å²) >= 11 is 0. The van der Waals surface area contributed by atoms with Crippen molar-refractivity contribution in [2.24, 2.45) is 0 Å². The van der Waals surface area contributed by atoms with Gasteiger partial charge in [-0.3, -0.25) is 0 Å². The Morgan fingerprint density at radius 2 is 1.90 bits per heavy atom. The molecule has 5 nitrogen and oxygen atoms in total. The average molecular weight is 151 g/mol. The van der Waals surface area contributed by atoms with E-state index in [1.165, 1.54) is 0 Å². The smallest absolute Gasteiger partial charge is 0.183 e. The summed E-state index contributed by atoms with van der Waals surface area (Å²) in [7, 11) is 0. The Morgan fingerprint density at radius 1 is 1.30 bits per heavy atom. The first-order chi connectivity index (χ1) is 4.96. The highest BCUT2D eigenvalue weighted by atomic mass is 16.6. The second-order valence-electron chi connectivity index (χ2n) is 2.12. The maximum absolute atomic E-state index is 8.96. The van der Waals surface area contributed by atoms with Crippen molar-refractivity contribution in [2.45, 2.75) is 24.6 Å². The number of aliphatic hydroxyl groups excluding tert-OH is 3. The highest BCUT2D eigenvalue weighted by Gasteiger charge is 2.36. The van der Waals surface area contributed by atoms with Crippen LogP contribution in [0.2, 0.25) is 0 Å². The monoisotopic (exact) mass is 151 g/mol. The van der Waals surface area contributed by atoms with Crippen molar-refractivity contribution in [1.29, 1.82) is 0 Å². The molecule has 0 aliphatic carbocycles. The highest BCUT2D eigenvalue weighted by molar-refractivity contribution is 4.81. The first kappa shape index (κ1) is 6.51. The third-order valence-electron chi connectivity index (χ3n) is 1.35. The van der Waals surface area contributed by atoms with Crippen LogP contribution in [0.1, 0.15) is 1.37 Å². The predicted molar refractivity (Wildman–Crippen MR) is 30.0 cm³/mol. The van der Waals surface area contributed by atoms with Crippen molar-refractivity contribution in [1.82, 2.24) is 0 Å². The third-order valence-corrected chi connectivity index (χ3v) is 1.35. The molecule has 4 N–H and O–H groups in total. The zero-order valence-electron chi connectivity index (χ0n) is 6.14. The maximum Gasteiger partial charge on any atom is 0.183 e. The molecule has 4 atom stereocenters. The van der Waals surface area contributed by atoms with E-state index < -0.39 is 24.6 Å². The number of ether oxygens (including phenoxy) is 1. The summed E-state index contributed by atoms with van der Waals surface area (Å²) in [6.45, 7) is -0.288. The molecule has 1 rings (SSSR count). The van der Waals surface area contributed by atoms with Crippen LogP contribution in [-0.2, 0) is 4.74 Å². The summed E-state index contributed by atoms with van der Waals surface area (Å²) in [5, 5.41) is 35.6. The molecule has 60 valence electrons. The molecule has 0 saturated carbocycles. The van der Waals surface area contributed by atoms with Crippen LogP contribution in [0.25, 0.3) is 0 Å². The molecule has 0 aromatic carbocycles. The fourth-order valence-electron chi connectivity index (χ4n) is 0.709. The van der Waals surface area contributed by atoms with E-state index in [2.05, 4.69) is 4.74 Å². The van der Waals surface area contributed by atoms with Gasteiger partial charge in [-0.15, -0.1) is 0 Å². The van der Waals surface area contributed by atoms with Gasteiger partial charge in [0.05, 0.1) is 7.98 Å². The topological polar surface area (TPSA) is 90.2 Å². The van der Waals surface area contributed by atoms with Gasteiger partial charge in [0, 0.05) is 0 Å². The summed E-state index contributed by atoms with van der Waals surface area (Å²) in [5.41, 5.74) is 0.